The summed E-state index contributed by atoms with van der Waals surface area (Å²) in [5.41, 5.74) is -0.0160. The molecule has 0 radical (unpaired) electrons. The van der Waals surface area contributed by atoms with Crippen LogP contribution in [0, 0.1) is 6.92 Å². The molecule has 0 aromatic carbocycles. The van der Waals surface area contributed by atoms with E-state index in [4.69, 9.17) is 4.52 Å². The number of hydrogen-bond donors (Lipinski definition) is 0. The molecule has 1 aliphatic rings. The Kier molecular flexibility index (Phi) is 3.22. The van der Waals surface area contributed by atoms with Gasteiger partial charge in [-0.3, -0.25) is 9.59 Å². The Morgan fingerprint density at radius 3 is 2.33 bits per heavy atom. The average Bonchev–Trinajstić information content (AvgIpc) is 2.63. The summed E-state index contributed by atoms with van der Waals surface area (Å²) >= 11 is 0. The number of aryl methyl sites for hydroxylation is 1. The summed E-state index contributed by atoms with van der Waals surface area (Å²) < 4.78 is 6.14. The zero-order valence-corrected chi connectivity index (χ0v) is 10.4. The van der Waals surface area contributed by atoms with Gasteiger partial charge in [0.2, 0.25) is 6.41 Å². The van der Waals surface area contributed by atoms with Crippen LogP contribution < -0.4 is 5.63 Å². The molecule has 0 N–H and O–H groups in total. The monoisotopic (exact) mass is 253 g/mol. The third-order valence-corrected chi connectivity index (χ3v) is 3.22. The second kappa shape index (κ2) is 4.67. The van der Waals surface area contributed by atoms with Crippen LogP contribution in [0.2, 0.25) is 0 Å². The number of hydrogen-bond acceptors (Lipinski definition) is 4. The molecule has 1 fully saturated rings. The molecule has 0 atom stereocenters. The fraction of sp³-hybridized carbons (Fsp3) is 0.545. The maximum Gasteiger partial charge on any atom is 0.370 e. The van der Waals surface area contributed by atoms with Crippen molar-refractivity contribution in [3.8, 4) is 0 Å². The number of piperazine rings is 1. The first kappa shape index (κ1) is 12.4. The van der Waals surface area contributed by atoms with E-state index in [0.29, 0.717) is 31.9 Å². The molecule has 7 nitrogen and oxygen atoms in total. The van der Waals surface area contributed by atoms with Gasteiger partial charge >= 0.3 is 5.63 Å². The maximum absolute atomic E-state index is 12.2. The minimum atomic E-state index is -0.613. The second-order valence-corrected chi connectivity index (χ2v) is 4.27. The Balaban J connectivity index is 2.17. The van der Waals surface area contributed by atoms with Gasteiger partial charge in [0.05, 0.1) is 5.69 Å². The standard InChI is InChI=1S/C11H15N3O4/c1-8-9(11(17)18-12(8)2)10(16)14-5-3-13(7-15)4-6-14/h7H,3-6H2,1-2H3. The number of rotatable bonds is 2. The van der Waals surface area contributed by atoms with Crippen molar-refractivity contribution in [1.29, 1.82) is 0 Å². The summed E-state index contributed by atoms with van der Waals surface area (Å²) in [5, 5.41) is 0. The number of carbonyl (C=O) groups is 2. The van der Waals surface area contributed by atoms with Gasteiger partial charge in [0.15, 0.2) is 0 Å². The molecule has 1 saturated heterocycles. The minimum Gasteiger partial charge on any atom is -0.342 e. The summed E-state index contributed by atoms with van der Waals surface area (Å²) in [7, 11) is 1.58. The molecule has 0 saturated carbocycles. The molecule has 0 spiro atoms. The van der Waals surface area contributed by atoms with E-state index in [-0.39, 0.29) is 11.5 Å². The van der Waals surface area contributed by atoms with E-state index in [1.54, 1.807) is 23.8 Å². The van der Waals surface area contributed by atoms with Crippen molar-refractivity contribution >= 4 is 12.3 Å². The molecule has 1 aromatic rings. The van der Waals surface area contributed by atoms with Gasteiger partial charge < -0.3 is 14.3 Å². The van der Waals surface area contributed by atoms with E-state index in [0.717, 1.165) is 6.41 Å². The number of amides is 2. The third-order valence-electron chi connectivity index (χ3n) is 3.22. The van der Waals surface area contributed by atoms with E-state index in [1.165, 1.54) is 4.74 Å². The van der Waals surface area contributed by atoms with Crippen LogP contribution in [0.15, 0.2) is 9.32 Å². The molecule has 1 aromatic heterocycles. The van der Waals surface area contributed by atoms with Crippen LogP contribution in [0.5, 0.6) is 0 Å². The quantitative estimate of drug-likeness (QED) is 0.647. The van der Waals surface area contributed by atoms with Crippen molar-refractivity contribution in [2.24, 2.45) is 7.05 Å². The van der Waals surface area contributed by atoms with Gasteiger partial charge in [-0.05, 0) is 6.92 Å². The Labute approximate surface area is 104 Å². The molecule has 2 rings (SSSR count). The van der Waals surface area contributed by atoms with Crippen LogP contribution in [0.4, 0.5) is 0 Å². The lowest BCUT2D eigenvalue weighted by Crippen LogP contribution is -2.48. The highest BCUT2D eigenvalue weighted by atomic mass is 16.5. The van der Waals surface area contributed by atoms with E-state index in [1.807, 2.05) is 0 Å². The van der Waals surface area contributed by atoms with Crippen LogP contribution in [0.25, 0.3) is 0 Å². The fourth-order valence-corrected chi connectivity index (χ4v) is 1.97. The third kappa shape index (κ3) is 2.03. The first-order valence-electron chi connectivity index (χ1n) is 5.70. The zero-order valence-electron chi connectivity index (χ0n) is 10.4. The summed E-state index contributed by atoms with van der Waals surface area (Å²) in [4.78, 5) is 37.5. The molecular formula is C11H15N3O4. The second-order valence-electron chi connectivity index (χ2n) is 4.27. The Morgan fingerprint density at radius 2 is 1.89 bits per heavy atom. The first-order chi connectivity index (χ1) is 8.54. The molecule has 0 aliphatic carbocycles. The Hall–Kier alpha value is -2.05. The van der Waals surface area contributed by atoms with E-state index in [9.17, 15) is 14.4 Å². The normalized spacial score (nSPS) is 15.9. The Morgan fingerprint density at radius 1 is 1.28 bits per heavy atom. The lowest BCUT2D eigenvalue weighted by molar-refractivity contribution is -0.119. The highest BCUT2D eigenvalue weighted by molar-refractivity contribution is 5.94. The SMILES string of the molecule is Cc1c(C(=O)N2CCN(C=O)CC2)c(=O)on1C. The molecule has 1 aliphatic heterocycles. The molecule has 7 heteroatoms. The summed E-state index contributed by atoms with van der Waals surface area (Å²) in [6, 6.07) is 0. The average molecular weight is 253 g/mol. The van der Waals surface area contributed by atoms with Crippen molar-refractivity contribution in [2.45, 2.75) is 6.92 Å². The molecule has 18 heavy (non-hydrogen) atoms. The summed E-state index contributed by atoms with van der Waals surface area (Å²) in [5.74, 6) is -0.326. The lowest BCUT2D eigenvalue weighted by atomic mass is 10.2. The van der Waals surface area contributed by atoms with Gasteiger partial charge in [0.25, 0.3) is 5.91 Å². The number of carbonyl (C=O) groups excluding carboxylic acids is 2. The zero-order chi connectivity index (χ0) is 13.3. The Bertz CT molecular complexity index is 523. The topological polar surface area (TPSA) is 75.8 Å². The lowest BCUT2D eigenvalue weighted by Gasteiger charge is -2.32. The number of aromatic nitrogens is 1. The molecule has 0 unspecified atom stereocenters. The van der Waals surface area contributed by atoms with Gasteiger partial charge in [0, 0.05) is 33.2 Å². The van der Waals surface area contributed by atoms with Crippen molar-refractivity contribution in [1.82, 2.24) is 14.5 Å². The fourth-order valence-electron chi connectivity index (χ4n) is 1.97. The van der Waals surface area contributed by atoms with Crippen molar-refractivity contribution in [2.75, 3.05) is 26.2 Å². The van der Waals surface area contributed by atoms with Crippen LogP contribution in [-0.2, 0) is 11.8 Å². The highest BCUT2D eigenvalue weighted by Crippen LogP contribution is 2.09. The van der Waals surface area contributed by atoms with Gasteiger partial charge in [-0.25, -0.2) is 9.53 Å². The van der Waals surface area contributed by atoms with Crippen LogP contribution in [-0.4, -0.2) is 53.0 Å². The minimum absolute atomic E-state index is 0.0806. The molecule has 2 amide bonds. The summed E-state index contributed by atoms with van der Waals surface area (Å²) in [6.07, 6.45) is 0.768. The molecular weight excluding hydrogens is 238 g/mol. The summed E-state index contributed by atoms with van der Waals surface area (Å²) in [6.45, 7) is 3.52. The van der Waals surface area contributed by atoms with Crippen molar-refractivity contribution in [3.05, 3.63) is 21.7 Å². The molecule has 98 valence electrons. The van der Waals surface area contributed by atoms with E-state index >= 15 is 0 Å². The highest BCUT2D eigenvalue weighted by Gasteiger charge is 2.27. The molecule has 2 heterocycles. The van der Waals surface area contributed by atoms with Crippen molar-refractivity contribution < 1.29 is 14.1 Å². The van der Waals surface area contributed by atoms with Crippen LogP contribution in [0.3, 0.4) is 0 Å². The predicted molar refractivity (Wildman–Crippen MR) is 62.2 cm³/mol. The van der Waals surface area contributed by atoms with E-state index in [2.05, 4.69) is 0 Å². The first-order valence-corrected chi connectivity index (χ1v) is 5.70. The van der Waals surface area contributed by atoms with E-state index < -0.39 is 5.63 Å². The van der Waals surface area contributed by atoms with Gasteiger partial charge in [0.1, 0.15) is 5.56 Å². The van der Waals surface area contributed by atoms with Crippen LogP contribution >= 0.6 is 0 Å². The molecule has 0 bridgehead atoms. The number of nitrogens with zero attached hydrogens (tertiary/aromatic N) is 3. The maximum atomic E-state index is 12.2. The van der Waals surface area contributed by atoms with Crippen LogP contribution in [0.1, 0.15) is 16.1 Å². The smallest absolute Gasteiger partial charge is 0.342 e. The van der Waals surface area contributed by atoms with Crippen molar-refractivity contribution in [3.63, 3.8) is 0 Å². The van der Waals surface area contributed by atoms with Gasteiger partial charge in [-0.15, -0.1) is 0 Å². The largest absolute Gasteiger partial charge is 0.370 e. The van der Waals surface area contributed by atoms with Gasteiger partial charge in [-0.2, -0.15) is 0 Å². The predicted octanol–water partition coefficient (Wildman–Crippen LogP) is -0.799. The van der Waals surface area contributed by atoms with Gasteiger partial charge in [-0.1, -0.05) is 0 Å².